The van der Waals surface area contributed by atoms with Crippen molar-refractivity contribution in [3.05, 3.63) is 27.8 Å². The summed E-state index contributed by atoms with van der Waals surface area (Å²) in [6.07, 6.45) is 5.64. The Morgan fingerprint density at radius 1 is 1.55 bits per heavy atom. The zero-order valence-electron chi connectivity index (χ0n) is 12.9. The van der Waals surface area contributed by atoms with Crippen molar-refractivity contribution in [2.24, 2.45) is 0 Å². The molecule has 0 aliphatic carbocycles. The number of thiazole rings is 1. The molecule has 1 atom stereocenters. The highest BCUT2D eigenvalue weighted by atomic mass is 32.1. The van der Waals surface area contributed by atoms with E-state index in [1.165, 1.54) is 11.3 Å². The predicted molar refractivity (Wildman–Crippen MR) is 83.0 cm³/mol. The fourth-order valence-corrected chi connectivity index (χ4v) is 3.73. The van der Waals surface area contributed by atoms with E-state index >= 15 is 0 Å². The van der Waals surface area contributed by atoms with Crippen molar-refractivity contribution in [3.8, 4) is 0 Å². The van der Waals surface area contributed by atoms with Crippen molar-refractivity contribution in [2.75, 3.05) is 13.1 Å². The molecule has 3 rings (SSSR count). The number of rotatable bonds is 4. The number of aryl methyl sites for hydroxylation is 2. The van der Waals surface area contributed by atoms with Gasteiger partial charge in [-0.05, 0) is 25.7 Å². The molecular formula is C15H20N4O2S. The number of amides is 1. The molecule has 2 aromatic heterocycles. The maximum atomic E-state index is 12.6. The van der Waals surface area contributed by atoms with E-state index in [0.717, 1.165) is 42.1 Å². The molecular weight excluding hydrogens is 300 g/mol. The van der Waals surface area contributed by atoms with E-state index < -0.39 is 0 Å². The van der Waals surface area contributed by atoms with Gasteiger partial charge in [0, 0.05) is 25.9 Å². The molecule has 118 valence electrons. The van der Waals surface area contributed by atoms with E-state index in [2.05, 4.69) is 22.0 Å². The Kier molecular flexibility index (Phi) is 4.52. The van der Waals surface area contributed by atoms with Gasteiger partial charge in [0.15, 0.2) is 5.82 Å². The fourth-order valence-electron chi connectivity index (χ4n) is 2.75. The van der Waals surface area contributed by atoms with Gasteiger partial charge in [0.25, 0.3) is 5.91 Å². The smallest absolute Gasteiger partial charge is 0.265 e. The van der Waals surface area contributed by atoms with Gasteiger partial charge in [0.1, 0.15) is 4.88 Å². The highest BCUT2D eigenvalue weighted by Crippen LogP contribution is 2.27. The lowest BCUT2D eigenvalue weighted by molar-refractivity contribution is 0.0708. The molecule has 6 nitrogen and oxygen atoms in total. The molecule has 0 radical (unpaired) electrons. The number of hydrogen-bond donors (Lipinski definition) is 0. The Bertz CT molecular complexity index is 652. The molecule has 0 unspecified atom stereocenters. The summed E-state index contributed by atoms with van der Waals surface area (Å²) in [6.45, 7) is 5.34. The van der Waals surface area contributed by atoms with Crippen LogP contribution in [0.5, 0.6) is 0 Å². The number of carbonyl (C=O) groups excluding carboxylic acids is 1. The van der Waals surface area contributed by atoms with Crippen LogP contribution in [0.3, 0.4) is 0 Å². The van der Waals surface area contributed by atoms with Gasteiger partial charge < -0.3 is 9.42 Å². The number of aromatic nitrogens is 3. The Hall–Kier alpha value is -1.76. The standard InChI is InChI=1S/C15H20N4O2S/c1-3-5-13-16-8-12(22-13)15(20)19-7-4-6-11(9-19)14-17-10(2)21-18-14/h8,11H,3-7,9H2,1-2H3/t11-/m0/s1. The van der Waals surface area contributed by atoms with Gasteiger partial charge in [-0.3, -0.25) is 4.79 Å². The molecule has 22 heavy (non-hydrogen) atoms. The van der Waals surface area contributed by atoms with Crippen molar-refractivity contribution < 1.29 is 9.32 Å². The summed E-state index contributed by atoms with van der Waals surface area (Å²) >= 11 is 1.51. The zero-order chi connectivity index (χ0) is 15.5. The van der Waals surface area contributed by atoms with Crippen LogP contribution in [0, 0.1) is 6.92 Å². The molecule has 2 aromatic rings. The predicted octanol–water partition coefficient (Wildman–Crippen LogP) is 2.81. The second kappa shape index (κ2) is 6.56. The average molecular weight is 320 g/mol. The van der Waals surface area contributed by atoms with Crippen molar-refractivity contribution in [1.82, 2.24) is 20.0 Å². The number of likely N-dealkylation sites (tertiary alicyclic amines) is 1. The Labute approximate surface area is 133 Å². The van der Waals surface area contributed by atoms with Crippen molar-refractivity contribution in [3.63, 3.8) is 0 Å². The van der Waals surface area contributed by atoms with E-state index in [4.69, 9.17) is 4.52 Å². The van der Waals surface area contributed by atoms with Gasteiger partial charge >= 0.3 is 0 Å². The summed E-state index contributed by atoms with van der Waals surface area (Å²) in [5.74, 6) is 1.53. The van der Waals surface area contributed by atoms with Crippen LogP contribution in [0.1, 0.15) is 58.5 Å². The van der Waals surface area contributed by atoms with Gasteiger partial charge in [0.2, 0.25) is 5.89 Å². The van der Waals surface area contributed by atoms with Crippen LogP contribution in [0.4, 0.5) is 0 Å². The molecule has 7 heteroatoms. The molecule has 1 saturated heterocycles. The third-order valence-electron chi connectivity index (χ3n) is 3.85. The van der Waals surface area contributed by atoms with Crippen LogP contribution in [0.2, 0.25) is 0 Å². The summed E-state index contributed by atoms with van der Waals surface area (Å²) in [5.41, 5.74) is 0. The van der Waals surface area contributed by atoms with Crippen LogP contribution in [0.15, 0.2) is 10.7 Å². The van der Waals surface area contributed by atoms with E-state index in [0.29, 0.717) is 18.3 Å². The highest BCUT2D eigenvalue weighted by molar-refractivity contribution is 7.13. The van der Waals surface area contributed by atoms with Crippen LogP contribution in [-0.2, 0) is 6.42 Å². The van der Waals surface area contributed by atoms with E-state index in [1.54, 1.807) is 13.1 Å². The summed E-state index contributed by atoms with van der Waals surface area (Å²) in [6, 6.07) is 0. The number of piperidine rings is 1. The zero-order valence-corrected chi connectivity index (χ0v) is 13.7. The number of carbonyl (C=O) groups is 1. The first-order chi connectivity index (χ1) is 10.7. The van der Waals surface area contributed by atoms with Gasteiger partial charge in [-0.1, -0.05) is 12.1 Å². The Balaban J connectivity index is 1.69. The quantitative estimate of drug-likeness (QED) is 0.866. The van der Waals surface area contributed by atoms with Gasteiger partial charge in [0.05, 0.1) is 11.2 Å². The fraction of sp³-hybridized carbons (Fsp3) is 0.600. The average Bonchev–Trinajstić information content (AvgIpc) is 3.16. The van der Waals surface area contributed by atoms with Gasteiger partial charge in [-0.25, -0.2) is 4.98 Å². The maximum Gasteiger partial charge on any atom is 0.265 e. The van der Waals surface area contributed by atoms with Crippen LogP contribution in [0.25, 0.3) is 0 Å². The monoisotopic (exact) mass is 320 g/mol. The van der Waals surface area contributed by atoms with Crippen molar-refractivity contribution >= 4 is 17.2 Å². The Morgan fingerprint density at radius 3 is 3.14 bits per heavy atom. The van der Waals surface area contributed by atoms with Crippen molar-refractivity contribution in [2.45, 2.75) is 45.4 Å². The summed E-state index contributed by atoms with van der Waals surface area (Å²) < 4.78 is 5.06. The van der Waals surface area contributed by atoms with E-state index in [9.17, 15) is 4.79 Å². The third kappa shape index (κ3) is 3.19. The molecule has 0 saturated carbocycles. The van der Waals surface area contributed by atoms with Crippen LogP contribution >= 0.6 is 11.3 Å². The molecule has 1 aliphatic heterocycles. The minimum absolute atomic E-state index is 0.0739. The first-order valence-corrected chi connectivity index (χ1v) is 8.53. The number of hydrogen-bond acceptors (Lipinski definition) is 6. The summed E-state index contributed by atoms with van der Waals surface area (Å²) in [5, 5.41) is 5.04. The van der Waals surface area contributed by atoms with Crippen LogP contribution in [-0.4, -0.2) is 39.0 Å². The second-order valence-corrected chi connectivity index (χ2v) is 6.75. The lowest BCUT2D eigenvalue weighted by atomic mass is 9.97. The van der Waals surface area contributed by atoms with Crippen molar-refractivity contribution in [1.29, 1.82) is 0 Å². The SMILES string of the molecule is CCCc1ncc(C(=O)N2CCC[C@H](c3noc(C)n3)C2)s1. The van der Waals surface area contributed by atoms with Gasteiger partial charge in [-0.15, -0.1) is 11.3 Å². The molecule has 0 aromatic carbocycles. The first kappa shape index (κ1) is 15.1. The molecule has 0 spiro atoms. The first-order valence-electron chi connectivity index (χ1n) is 7.71. The lowest BCUT2D eigenvalue weighted by Gasteiger charge is -2.30. The lowest BCUT2D eigenvalue weighted by Crippen LogP contribution is -2.39. The molecule has 0 N–H and O–H groups in total. The van der Waals surface area contributed by atoms with Crippen LogP contribution < -0.4 is 0 Å². The molecule has 0 bridgehead atoms. The molecule has 3 heterocycles. The largest absolute Gasteiger partial charge is 0.340 e. The van der Waals surface area contributed by atoms with E-state index in [-0.39, 0.29) is 11.8 Å². The normalized spacial score (nSPS) is 18.6. The minimum atomic E-state index is 0.0739. The topological polar surface area (TPSA) is 72.1 Å². The minimum Gasteiger partial charge on any atom is -0.340 e. The maximum absolute atomic E-state index is 12.6. The summed E-state index contributed by atoms with van der Waals surface area (Å²) in [4.78, 5) is 23.9. The highest BCUT2D eigenvalue weighted by Gasteiger charge is 2.29. The van der Waals surface area contributed by atoms with Gasteiger partial charge in [-0.2, -0.15) is 4.98 Å². The second-order valence-electron chi connectivity index (χ2n) is 5.63. The van der Waals surface area contributed by atoms with E-state index in [1.807, 2.05) is 4.90 Å². The number of nitrogens with zero attached hydrogens (tertiary/aromatic N) is 4. The molecule has 1 aliphatic rings. The third-order valence-corrected chi connectivity index (χ3v) is 4.89. The molecule has 1 amide bonds. The molecule has 1 fully saturated rings. The Morgan fingerprint density at radius 2 is 2.41 bits per heavy atom. The summed E-state index contributed by atoms with van der Waals surface area (Å²) in [7, 11) is 0.